The number of fused-ring (bicyclic) bond motifs is 1. The number of hydrogen-bond acceptors (Lipinski definition) is 3. The van der Waals surface area contributed by atoms with E-state index >= 15 is 0 Å². The summed E-state index contributed by atoms with van der Waals surface area (Å²) in [6.45, 7) is 1.09. The second-order valence-corrected chi connectivity index (χ2v) is 6.74. The number of carbonyl (C=O) groups is 1. The van der Waals surface area contributed by atoms with Crippen molar-refractivity contribution >= 4 is 11.7 Å². The summed E-state index contributed by atoms with van der Waals surface area (Å²) in [7, 11) is 3.09. The van der Waals surface area contributed by atoms with Crippen molar-refractivity contribution in [1.82, 2.24) is 9.47 Å². The van der Waals surface area contributed by atoms with Crippen LogP contribution in [0.15, 0.2) is 60.8 Å². The van der Waals surface area contributed by atoms with Crippen molar-refractivity contribution in [1.29, 1.82) is 0 Å². The number of carbonyl (C=O) groups excluding carboxylic acids is 1. The number of urea groups is 1. The zero-order chi connectivity index (χ0) is 20.4. The minimum atomic E-state index is -0.524. The second kappa shape index (κ2) is 7.87. The quantitative estimate of drug-likeness (QED) is 0.717. The third-order valence-electron chi connectivity index (χ3n) is 5.15. The van der Waals surface area contributed by atoms with Gasteiger partial charge >= 0.3 is 6.03 Å². The Morgan fingerprint density at radius 3 is 2.66 bits per heavy atom. The normalized spacial score (nSPS) is 15.6. The van der Waals surface area contributed by atoms with Gasteiger partial charge in [0.25, 0.3) is 0 Å². The lowest BCUT2D eigenvalue weighted by atomic mass is 9.99. The number of benzene rings is 2. The van der Waals surface area contributed by atoms with Crippen LogP contribution < -0.4 is 14.8 Å². The molecule has 1 atom stereocenters. The molecule has 150 valence electrons. The molecule has 4 rings (SSSR count). The lowest BCUT2D eigenvalue weighted by molar-refractivity contribution is 0.180. The van der Waals surface area contributed by atoms with Gasteiger partial charge in [-0.3, -0.25) is 0 Å². The van der Waals surface area contributed by atoms with Gasteiger partial charge in [-0.15, -0.1) is 0 Å². The molecular weight excluding hydrogens is 373 g/mol. The molecule has 0 saturated heterocycles. The molecule has 2 aromatic carbocycles. The molecule has 6 nitrogen and oxygen atoms in total. The van der Waals surface area contributed by atoms with Gasteiger partial charge in [0.2, 0.25) is 0 Å². The third kappa shape index (κ3) is 3.51. The molecule has 2 heterocycles. The Balaban J connectivity index is 1.68. The smallest absolute Gasteiger partial charge is 0.322 e. The van der Waals surface area contributed by atoms with Gasteiger partial charge in [-0.1, -0.05) is 18.2 Å². The summed E-state index contributed by atoms with van der Waals surface area (Å²) < 4.78 is 27.3. The molecule has 0 radical (unpaired) electrons. The minimum absolute atomic E-state index is 0.325. The Labute approximate surface area is 168 Å². The van der Waals surface area contributed by atoms with E-state index in [1.165, 1.54) is 13.2 Å². The van der Waals surface area contributed by atoms with E-state index in [4.69, 9.17) is 9.47 Å². The van der Waals surface area contributed by atoms with E-state index < -0.39 is 6.04 Å². The van der Waals surface area contributed by atoms with Crippen LogP contribution in [0.2, 0.25) is 0 Å². The molecule has 2 amide bonds. The van der Waals surface area contributed by atoms with Crippen molar-refractivity contribution < 1.29 is 18.7 Å². The molecule has 1 unspecified atom stereocenters. The van der Waals surface area contributed by atoms with Crippen LogP contribution in [-0.2, 0) is 6.54 Å². The van der Waals surface area contributed by atoms with E-state index in [-0.39, 0.29) is 11.8 Å². The topological polar surface area (TPSA) is 55.7 Å². The highest BCUT2D eigenvalue weighted by atomic mass is 19.1. The fourth-order valence-electron chi connectivity index (χ4n) is 3.72. The predicted molar refractivity (Wildman–Crippen MR) is 108 cm³/mol. The molecule has 1 aliphatic rings. The van der Waals surface area contributed by atoms with Crippen LogP contribution in [0.1, 0.15) is 17.3 Å². The number of nitrogens with one attached hydrogen (secondary N) is 1. The maximum Gasteiger partial charge on any atom is 0.322 e. The lowest BCUT2D eigenvalue weighted by Gasteiger charge is -2.37. The van der Waals surface area contributed by atoms with Gasteiger partial charge in [0, 0.05) is 36.6 Å². The van der Waals surface area contributed by atoms with Gasteiger partial charge in [0.05, 0.1) is 19.9 Å². The number of nitrogens with zero attached hydrogens (tertiary/aromatic N) is 2. The largest absolute Gasteiger partial charge is 0.497 e. The maximum atomic E-state index is 14.6. The number of amides is 2. The number of aromatic nitrogens is 1. The Hall–Kier alpha value is -3.48. The standard InChI is InChI=1S/C22H22FN3O3/c1-28-15-9-10-18(20(14-15)29-2)24-22(27)26-13-12-25-11-5-8-19(25)21(26)16-6-3-4-7-17(16)23/h3-11,14,21H,12-13H2,1-2H3,(H,24,27). The summed E-state index contributed by atoms with van der Waals surface area (Å²) in [5.41, 5.74) is 1.86. The molecule has 1 N–H and O–H groups in total. The van der Waals surface area contributed by atoms with Gasteiger partial charge in [0.15, 0.2) is 0 Å². The summed E-state index contributed by atoms with van der Waals surface area (Å²) >= 11 is 0. The molecule has 29 heavy (non-hydrogen) atoms. The van der Waals surface area contributed by atoms with E-state index in [2.05, 4.69) is 9.88 Å². The van der Waals surface area contributed by atoms with Crippen LogP contribution in [0.3, 0.4) is 0 Å². The molecule has 3 aromatic rings. The maximum absolute atomic E-state index is 14.6. The van der Waals surface area contributed by atoms with Gasteiger partial charge in [-0.25, -0.2) is 9.18 Å². The van der Waals surface area contributed by atoms with Crippen LogP contribution in [0.5, 0.6) is 11.5 Å². The highest BCUT2D eigenvalue weighted by Gasteiger charge is 2.34. The summed E-state index contributed by atoms with van der Waals surface area (Å²) in [6, 6.07) is 14.7. The second-order valence-electron chi connectivity index (χ2n) is 6.74. The molecule has 0 saturated carbocycles. The van der Waals surface area contributed by atoms with Crippen LogP contribution in [-0.4, -0.2) is 36.3 Å². The number of anilines is 1. The summed E-state index contributed by atoms with van der Waals surface area (Å²) in [4.78, 5) is 14.9. The molecule has 7 heteroatoms. The Morgan fingerprint density at radius 2 is 1.90 bits per heavy atom. The van der Waals surface area contributed by atoms with Crippen LogP contribution >= 0.6 is 0 Å². The zero-order valence-corrected chi connectivity index (χ0v) is 16.3. The van der Waals surface area contributed by atoms with E-state index in [1.54, 1.807) is 48.4 Å². The fourth-order valence-corrected chi connectivity index (χ4v) is 3.72. The first-order valence-electron chi connectivity index (χ1n) is 9.31. The molecule has 0 fully saturated rings. The Bertz CT molecular complexity index is 1030. The number of rotatable bonds is 4. The fraction of sp³-hybridized carbons (Fsp3) is 0.227. The van der Waals surface area contributed by atoms with Crippen molar-refractivity contribution in [3.8, 4) is 11.5 Å². The summed E-state index contributed by atoms with van der Waals surface area (Å²) in [5.74, 6) is 0.771. The molecule has 1 aliphatic heterocycles. The first-order valence-corrected chi connectivity index (χ1v) is 9.31. The molecular formula is C22H22FN3O3. The van der Waals surface area contributed by atoms with Crippen LogP contribution in [0.4, 0.5) is 14.9 Å². The Kier molecular flexibility index (Phi) is 5.12. The number of methoxy groups -OCH3 is 2. The highest BCUT2D eigenvalue weighted by molar-refractivity contribution is 5.91. The van der Waals surface area contributed by atoms with Gasteiger partial charge in [-0.05, 0) is 30.3 Å². The third-order valence-corrected chi connectivity index (χ3v) is 5.15. The van der Waals surface area contributed by atoms with E-state index in [0.717, 1.165) is 5.69 Å². The van der Waals surface area contributed by atoms with Gasteiger partial charge in [0.1, 0.15) is 23.4 Å². The first kappa shape index (κ1) is 18.9. The van der Waals surface area contributed by atoms with Crippen LogP contribution in [0.25, 0.3) is 0 Å². The summed E-state index contributed by atoms with van der Waals surface area (Å²) in [6.07, 6.45) is 1.95. The summed E-state index contributed by atoms with van der Waals surface area (Å²) in [5, 5.41) is 2.90. The van der Waals surface area contributed by atoms with Gasteiger partial charge < -0.3 is 24.3 Å². The lowest BCUT2D eigenvalue weighted by Crippen LogP contribution is -2.44. The molecule has 0 aliphatic carbocycles. The van der Waals surface area contributed by atoms with Crippen molar-refractivity contribution in [2.24, 2.45) is 0 Å². The van der Waals surface area contributed by atoms with E-state index in [1.807, 2.05) is 18.3 Å². The van der Waals surface area contributed by atoms with Crippen molar-refractivity contribution in [3.05, 3.63) is 77.9 Å². The van der Waals surface area contributed by atoms with E-state index in [0.29, 0.717) is 35.8 Å². The number of ether oxygens (including phenoxy) is 2. The van der Waals surface area contributed by atoms with Crippen molar-refractivity contribution in [3.63, 3.8) is 0 Å². The van der Waals surface area contributed by atoms with Crippen molar-refractivity contribution in [2.45, 2.75) is 12.6 Å². The predicted octanol–water partition coefficient (Wildman–Crippen LogP) is 4.28. The van der Waals surface area contributed by atoms with Crippen molar-refractivity contribution in [2.75, 3.05) is 26.1 Å². The number of halogens is 1. The molecule has 1 aromatic heterocycles. The number of hydrogen-bond donors (Lipinski definition) is 1. The first-order chi connectivity index (χ1) is 14.1. The Morgan fingerprint density at radius 1 is 1.07 bits per heavy atom. The monoisotopic (exact) mass is 395 g/mol. The average Bonchev–Trinajstić information content (AvgIpc) is 3.22. The van der Waals surface area contributed by atoms with Gasteiger partial charge in [-0.2, -0.15) is 0 Å². The van der Waals surface area contributed by atoms with Crippen LogP contribution in [0, 0.1) is 5.82 Å². The molecule has 0 bridgehead atoms. The molecule has 0 spiro atoms. The average molecular weight is 395 g/mol. The van der Waals surface area contributed by atoms with E-state index in [9.17, 15) is 9.18 Å². The minimum Gasteiger partial charge on any atom is -0.497 e. The highest BCUT2D eigenvalue weighted by Crippen LogP contribution is 2.35. The zero-order valence-electron chi connectivity index (χ0n) is 16.3. The SMILES string of the molecule is COc1ccc(NC(=O)N2CCn3cccc3C2c2ccccc2F)c(OC)c1.